The first-order valence-corrected chi connectivity index (χ1v) is 12.1. The highest BCUT2D eigenvalue weighted by atomic mass is 16.4. The summed E-state index contributed by atoms with van der Waals surface area (Å²) in [6.45, 7) is 12.5. The van der Waals surface area contributed by atoms with Crippen LogP contribution in [0.3, 0.4) is 0 Å². The van der Waals surface area contributed by atoms with Gasteiger partial charge in [0.15, 0.2) is 0 Å². The number of rotatable bonds is 11. The highest BCUT2D eigenvalue weighted by Crippen LogP contribution is 2.42. The molecule has 0 radical (unpaired) electrons. The molecule has 0 heterocycles. The van der Waals surface area contributed by atoms with Crippen LogP contribution < -0.4 is 0 Å². The lowest BCUT2D eigenvalue weighted by molar-refractivity contribution is -0.140. The number of aliphatic carboxylic acids is 2. The molecule has 2 N–H and O–H groups in total. The molecule has 4 nitrogen and oxygen atoms in total. The van der Waals surface area contributed by atoms with Crippen molar-refractivity contribution in [2.75, 3.05) is 0 Å². The molecule has 0 saturated carbocycles. The van der Waals surface area contributed by atoms with Crippen LogP contribution in [0.2, 0.25) is 0 Å². The number of hydrogen-bond acceptors (Lipinski definition) is 2. The summed E-state index contributed by atoms with van der Waals surface area (Å²) in [5.41, 5.74) is 3.53. The minimum absolute atomic E-state index is 0.0475. The van der Waals surface area contributed by atoms with E-state index in [1.165, 1.54) is 0 Å². The zero-order chi connectivity index (χ0) is 25.4. The minimum atomic E-state index is -1.40. The third-order valence-electron chi connectivity index (χ3n) is 6.02. The molecule has 2 aromatic carbocycles. The largest absolute Gasteiger partial charge is 0.477 e. The molecule has 0 aliphatic rings. The van der Waals surface area contributed by atoms with Crippen molar-refractivity contribution in [1.29, 1.82) is 0 Å². The van der Waals surface area contributed by atoms with E-state index in [-0.39, 0.29) is 17.8 Å². The molecule has 34 heavy (non-hydrogen) atoms. The van der Waals surface area contributed by atoms with E-state index >= 15 is 0 Å². The normalized spacial score (nSPS) is 12.8. The molecule has 0 aromatic heterocycles. The van der Waals surface area contributed by atoms with Crippen molar-refractivity contribution in [3.8, 4) is 0 Å². The lowest BCUT2D eigenvalue weighted by atomic mass is 9.73. The second-order valence-electron chi connectivity index (χ2n) is 9.98. The molecule has 0 aliphatic heterocycles. The first-order valence-electron chi connectivity index (χ1n) is 12.1. The Hall–Kier alpha value is -3.14. The minimum Gasteiger partial charge on any atom is -0.477 e. The van der Waals surface area contributed by atoms with Crippen LogP contribution in [0.4, 0.5) is 0 Å². The summed E-state index contributed by atoms with van der Waals surface area (Å²) in [5.74, 6) is -2.44. The molecule has 0 fully saturated rings. The van der Waals surface area contributed by atoms with Gasteiger partial charge in [-0.05, 0) is 64.4 Å². The number of carboxylic acid groups (broad SMARTS) is 2. The molecular weight excluding hydrogens is 424 g/mol. The van der Waals surface area contributed by atoms with Gasteiger partial charge in [-0.2, -0.15) is 0 Å². The maximum atomic E-state index is 12.4. The lowest BCUT2D eigenvalue weighted by Gasteiger charge is -2.30. The van der Waals surface area contributed by atoms with Gasteiger partial charge in [0.2, 0.25) is 0 Å². The predicted octanol–water partition coefficient (Wildman–Crippen LogP) is 7.32. The van der Waals surface area contributed by atoms with Crippen LogP contribution in [0, 0.1) is 23.7 Å². The Bertz CT molecular complexity index is 972. The lowest BCUT2D eigenvalue weighted by Crippen LogP contribution is -2.23. The molecule has 2 rings (SSSR count). The van der Waals surface area contributed by atoms with E-state index in [1.807, 2.05) is 67.6 Å². The van der Waals surface area contributed by atoms with Gasteiger partial charge in [-0.3, -0.25) is 0 Å². The van der Waals surface area contributed by atoms with Crippen molar-refractivity contribution in [3.63, 3.8) is 0 Å². The van der Waals surface area contributed by atoms with Gasteiger partial charge in [0.25, 0.3) is 0 Å². The van der Waals surface area contributed by atoms with E-state index in [0.717, 1.165) is 28.7 Å². The predicted molar refractivity (Wildman–Crippen MR) is 138 cm³/mol. The number of benzene rings is 2. The van der Waals surface area contributed by atoms with Crippen LogP contribution in [0.25, 0.3) is 5.57 Å². The first-order chi connectivity index (χ1) is 16.0. The quantitative estimate of drug-likeness (QED) is 0.159. The molecule has 2 unspecified atom stereocenters. The third-order valence-corrected chi connectivity index (χ3v) is 6.02. The Morgan fingerprint density at radius 2 is 0.971 bits per heavy atom. The third kappa shape index (κ3) is 6.93. The topological polar surface area (TPSA) is 74.6 Å². The Kier molecular flexibility index (Phi) is 9.85. The molecule has 0 aliphatic carbocycles. The van der Waals surface area contributed by atoms with E-state index in [0.29, 0.717) is 17.9 Å². The van der Waals surface area contributed by atoms with Crippen LogP contribution in [0.15, 0.2) is 77.4 Å². The monoisotopic (exact) mass is 462 g/mol. The number of allylic oxidation sites excluding steroid dienone is 2. The zero-order valence-corrected chi connectivity index (χ0v) is 21.2. The van der Waals surface area contributed by atoms with Crippen molar-refractivity contribution in [2.24, 2.45) is 23.7 Å². The average Bonchev–Trinajstić information content (AvgIpc) is 2.75. The zero-order valence-electron chi connectivity index (χ0n) is 21.2. The van der Waals surface area contributed by atoms with Gasteiger partial charge in [0.05, 0.1) is 0 Å². The van der Waals surface area contributed by atoms with Gasteiger partial charge in [-0.25, -0.2) is 9.59 Å². The maximum Gasteiger partial charge on any atom is 0.343 e. The SMILES string of the molecule is CC(C)CC(C)C(=C(C(=O)O)C(=O)O)C(=C(c1ccccc1)c1ccccc1)C(C)CC(C)C. The molecule has 2 atom stereocenters. The molecule has 0 amide bonds. The van der Waals surface area contributed by atoms with Crippen LogP contribution >= 0.6 is 0 Å². The van der Waals surface area contributed by atoms with E-state index < -0.39 is 17.5 Å². The summed E-state index contributed by atoms with van der Waals surface area (Å²) in [5, 5.41) is 20.1. The van der Waals surface area contributed by atoms with Crippen molar-refractivity contribution in [1.82, 2.24) is 0 Å². The molecule has 182 valence electrons. The maximum absolute atomic E-state index is 12.4. The van der Waals surface area contributed by atoms with Crippen LogP contribution in [0.1, 0.15) is 65.5 Å². The second kappa shape index (κ2) is 12.4. The Balaban J connectivity index is 3.11. The second-order valence-corrected chi connectivity index (χ2v) is 9.98. The molecule has 4 heteroatoms. The van der Waals surface area contributed by atoms with Crippen molar-refractivity contribution < 1.29 is 19.8 Å². The van der Waals surface area contributed by atoms with Crippen molar-refractivity contribution in [2.45, 2.75) is 54.4 Å². The average molecular weight is 463 g/mol. The van der Waals surface area contributed by atoms with Crippen LogP contribution in [0.5, 0.6) is 0 Å². The van der Waals surface area contributed by atoms with Gasteiger partial charge < -0.3 is 10.2 Å². The van der Waals surface area contributed by atoms with Crippen molar-refractivity contribution in [3.05, 3.63) is 88.5 Å². The molecule has 0 saturated heterocycles. The molecule has 2 aromatic rings. The molecule has 0 bridgehead atoms. The van der Waals surface area contributed by atoms with E-state index in [2.05, 4.69) is 34.6 Å². The highest BCUT2D eigenvalue weighted by molar-refractivity contribution is 6.14. The Morgan fingerprint density at radius 1 is 0.618 bits per heavy atom. The number of hydrogen-bond donors (Lipinski definition) is 2. The highest BCUT2D eigenvalue weighted by Gasteiger charge is 2.32. The van der Waals surface area contributed by atoms with Crippen molar-refractivity contribution >= 4 is 17.5 Å². The first kappa shape index (κ1) is 27.1. The van der Waals surface area contributed by atoms with Gasteiger partial charge in [-0.15, -0.1) is 0 Å². The number of carboxylic acids is 2. The smallest absolute Gasteiger partial charge is 0.343 e. The summed E-state index contributed by atoms with van der Waals surface area (Å²) in [6.07, 6.45) is 1.50. The van der Waals surface area contributed by atoms with Gasteiger partial charge in [0, 0.05) is 0 Å². The summed E-state index contributed by atoms with van der Waals surface area (Å²) >= 11 is 0. The van der Waals surface area contributed by atoms with E-state index in [9.17, 15) is 19.8 Å². The van der Waals surface area contributed by atoms with Gasteiger partial charge in [0.1, 0.15) is 5.57 Å². The molecule has 0 spiro atoms. The standard InChI is InChI=1S/C30H38O4/c1-19(2)17-21(5)25(26(22(6)18-20(3)4)28(29(31)32)30(33)34)27(23-13-9-7-10-14-23)24-15-11-8-12-16-24/h7-16,19-22H,17-18H2,1-6H3,(H,31,32)(H,33,34). The summed E-state index contributed by atoms with van der Waals surface area (Å²) in [7, 11) is 0. The van der Waals surface area contributed by atoms with E-state index in [1.54, 1.807) is 0 Å². The summed E-state index contributed by atoms with van der Waals surface area (Å²) < 4.78 is 0. The number of carbonyl (C=O) groups is 2. The van der Waals surface area contributed by atoms with E-state index in [4.69, 9.17) is 0 Å². The molecular formula is C30H38O4. The Labute approximate surface area is 204 Å². The fourth-order valence-electron chi connectivity index (χ4n) is 4.95. The van der Waals surface area contributed by atoms with Gasteiger partial charge >= 0.3 is 11.9 Å². The summed E-state index contributed by atoms with van der Waals surface area (Å²) in [6, 6.07) is 19.8. The Morgan fingerprint density at radius 3 is 1.29 bits per heavy atom. The fraction of sp³-hybridized carbons (Fsp3) is 0.400. The fourth-order valence-corrected chi connectivity index (χ4v) is 4.95. The van der Waals surface area contributed by atoms with Crippen LogP contribution in [-0.2, 0) is 9.59 Å². The van der Waals surface area contributed by atoms with Gasteiger partial charge in [-0.1, -0.05) is 102 Å². The van der Waals surface area contributed by atoms with Crippen LogP contribution in [-0.4, -0.2) is 22.2 Å². The summed E-state index contributed by atoms with van der Waals surface area (Å²) in [4.78, 5) is 24.7.